The largest absolute Gasteiger partial charge is 0.461 e. The van der Waals surface area contributed by atoms with Crippen LogP contribution < -0.4 is 5.73 Å². The Morgan fingerprint density at radius 3 is 2.82 bits per heavy atom. The lowest BCUT2D eigenvalue weighted by Gasteiger charge is -2.10. The van der Waals surface area contributed by atoms with Gasteiger partial charge in [-0.15, -0.1) is 0 Å². The fourth-order valence-electron chi connectivity index (χ4n) is 1.23. The van der Waals surface area contributed by atoms with Crippen LogP contribution >= 0.6 is 0 Å². The van der Waals surface area contributed by atoms with Gasteiger partial charge in [0.05, 0.1) is 23.4 Å². The smallest absolute Gasteiger partial charge is 0.359 e. The van der Waals surface area contributed by atoms with Crippen LogP contribution in [-0.2, 0) is 4.74 Å². The number of esters is 1. The van der Waals surface area contributed by atoms with Crippen molar-refractivity contribution in [3.8, 4) is 6.07 Å². The molecular weight excluding hydrogens is 232 g/mol. The molecular formula is C10H9F2N3O2. The Morgan fingerprint density at radius 1 is 1.71 bits per heavy atom. The lowest BCUT2D eigenvalue weighted by atomic mass is 10.1. The molecule has 0 fully saturated rings. The van der Waals surface area contributed by atoms with Crippen LogP contribution in [0.1, 0.15) is 35.0 Å². The SMILES string of the molecule is CCOC(=O)c1ncc(C#N)c(C(F)F)c1N. The first-order valence-corrected chi connectivity index (χ1v) is 4.66. The molecule has 0 atom stereocenters. The Hall–Kier alpha value is -2.23. The Balaban J connectivity index is 3.34. The molecule has 0 saturated heterocycles. The second-order valence-electron chi connectivity index (χ2n) is 2.98. The first kappa shape index (κ1) is 12.8. The van der Waals surface area contributed by atoms with Gasteiger partial charge in [0.25, 0.3) is 6.43 Å². The molecule has 0 amide bonds. The van der Waals surface area contributed by atoms with Gasteiger partial charge in [-0.25, -0.2) is 18.6 Å². The normalized spacial score (nSPS) is 10.1. The van der Waals surface area contributed by atoms with Gasteiger partial charge in [-0.3, -0.25) is 0 Å². The van der Waals surface area contributed by atoms with Crippen LogP contribution in [0, 0.1) is 11.3 Å². The van der Waals surface area contributed by atoms with E-state index in [4.69, 9.17) is 11.0 Å². The third kappa shape index (κ3) is 2.47. The summed E-state index contributed by atoms with van der Waals surface area (Å²) in [6, 6.07) is 1.54. The Morgan fingerprint density at radius 2 is 2.35 bits per heavy atom. The molecule has 0 radical (unpaired) electrons. The fraction of sp³-hybridized carbons (Fsp3) is 0.300. The number of nitrogens with zero attached hydrogens (tertiary/aromatic N) is 2. The molecule has 0 unspecified atom stereocenters. The predicted octanol–water partition coefficient (Wildman–Crippen LogP) is 1.65. The minimum absolute atomic E-state index is 0.0734. The summed E-state index contributed by atoms with van der Waals surface area (Å²) in [6.45, 7) is 1.63. The van der Waals surface area contributed by atoms with E-state index in [-0.39, 0.29) is 12.2 Å². The summed E-state index contributed by atoms with van der Waals surface area (Å²) in [5.41, 5.74) is 3.43. The highest BCUT2D eigenvalue weighted by atomic mass is 19.3. The summed E-state index contributed by atoms with van der Waals surface area (Å²) >= 11 is 0. The number of rotatable bonds is 3. The zero-order valence-electron chi connectivity index (χ0n) is 8.91. The quantitative estimate of drug-likeness (QED) is 0.812. The maximum atomic E-state index is 12.7. The number of ether oxygens (including phenoxy) is 1. The second kappa shape index (κ2) is 5.21. The molecule has 5 nitrogen and oxygen atoms in total. The van der Waals surface area contributed by atoms with Crippen molar-refractivity contribution in [1.29, 1.82) is 5.26 Å². The van der Waals surface area contributed by atoms with Crippen LogP contribution in [0.3, 0.4) is 0 Å². The molecule has 0 aliphatic carbocycles. The van der Waals surface area contributed by atoms with E-state index in [0.717, 1.165) is 6.20 Å². The lowest BCUT2D eigenvalue weighted by molar-refractivity contribution is 0.0520. The number of halogens is 2. The van der Waals surface area contributed by atoms with Gasteiger partial charge in [-0.05, 0) is 6.92 Å². The van der Waals surface area contributed by atoms with E-state index in [9.17, 15) is 13.6 Å². The number of anilines is 1. The van der Waals surface area contributed by atoms with E-state index in [2.05, 4.69) is 9.72 Å². The number of carbonyl (C=O) groups excluding carboxylic acids is 1. The molecule has 0 spiro atoms. The first-order valence-electron chi connectivity index (χ1n) is 4.66. The Labute approximate surface area is 95.8 Å². The Bertz CT molecular complexity index is 483. The summed E-state index contributed by atoms with van der Waals surface area (Å²) in [7, 11) is 0. The molecule has 1 aromatic rings. The molecule has 0 saturated carbocycles. The number of alkyl halides is 2. The molecule has 1 aromatic heterocycles. The number of nitriles is 1. The van der Waals surface area contributed by atoms with Gasteiger partial charge in [0.2, 0.25) is 0 Å². The molecule has 0 bridgehead atoms. The van der Waals surface area contributed by atoms with Crippen molar-refractivity contribution in [1.82, 2.24) is 4.98 Å². The molecule has 0 aliphatic heterocycles. The third-order valence-electron chi connectivity index (χ3n) is 1.97. The second-order valence-corrected chi connectivity index (χ2v) is 2.98. The van der Waals surface area contributed by atoms with Crippen LogP contribution in [0.15, 0.2) is 6.20 Å². The van der Waals surface area contributed by atoms with Crippen molar-refractivity contribution >= 4 is 11.7 Å². The summed E-state index contributed by atoms with van der Waals surface area (Å²) in [6.07, 6.45) is -2.08. The van der Waals surface area contributed by atoms with E-state index >= 15 is 0 Å². The summed E-state index contributed by atoms with van der Waals surface area (Å²) in [5.74, 6) is -0.892. The van der Waals surface area contributed by atoms with Crippen molar-refractivity contribution in [2.24, 2.45) is 0 Å². The van der Waals surface area contributed by atoms with E-state index in [0.29, 0.717) is 0 Å². The zero-order valence-corrected chi connectivity index (χ0v) is 8.91. The molecule has 17 heavy (non-hydrogen) atoms. The molecule has 0 aliphatic rings. The highest BCUT2D eigenvalue weighted by Crippen LogP contribution is 2.29. The monoisotopic (exact) mass is 241 g/mol. The minimum Gasteiger partial charge on any atom is -0.461 e. The van der Waals surface area contributed by atoms with Crippen molar-refractivity contribution in [2.45, 2.75) is 13.3 Å². The van der Waals surface area contributed by atoms with Gasteiger partial charge in [-0.2, -0.15) is 5.26 Å². The standard InChI is InChI=1S/C10H9F2N3O2/c1-2-17-10(16)8-7(14)6(9(11)12)5(3-13)4-15-8/h4,9H,2,14H2,1H3. The summed E-state index contributed by atoms with van der Waals surface area (Å²) < 4.78 is 30.0. The molecule has 7 heteroatoms. The molecule has 2 N–H and O–H groups in total. The van der Waals surface area contributed by atoms with Gasteiger partial charge in [0.15, 0.2) is 5.69 Å². The van der Waals surface area contributed by atoms with E-state index in [1.807, 2.05) is 0 Å². The number of aromatic nitrogens is 1. The number of carbonyl (C=O) groups is 1. The third-order valence-corrected chi connectivity index (χ3v) is 1.97. The van der Waals surface area contributed by atoms with Crippen molar-refractivity contribution in [3.63, 3.8) is 0 Å². The van der Waals surface area contributed by atoms with Crippen LogP contribution in [0.25, 0.3) is 0 Å². The summed E-state index contributed by atoms with van der Waals surface area (Å²) in [4.78, 5) is 14.9. The van der Waals surface area contributed by atoms with E-state index < -0.39 is 29.3 Å². The van der Waals surface area contributed by atoms with Crippen LogP contribution in [0.2, 0.25) is 0 Å². The minimum atomic E-state index is -2.96. The highest BCUT2D eigenvalue weighted by molar-refractivity contribution is 5.94. The Kier molecular flexibility index (Phi) is 3.93. The molecule has 0 aromatic carbocycles. The molecule has 90 valence electrons. The molecule has 1 rings (SSSR count). The van der Waals surface area contributed by atoms with Crippen LogP contribution in [0.4, 0.5) is 14.5 Å². The predicted molar refractivity (Wildman–Crippen MR) is 54.3 cm³/mol. The van der Waals surface area contributed by atoms with Crippen molar-refractivity contribution in [3.05, 3.63) is 23.0 Å². The lowest BCUT2D eigenvalue weighted by Crippen LogP contribution is -2.13. The van der Waals surface area contributed by atoms with Gasteiger partial charge < -0.3 is 10.5 Å². The van der Waals surface area contributed by atoms with Crippen LogP contribution in [-0.4, -0.2) is 17.6 Å². The zero-order chi connectivity index (χ0) is 13.0. The highest BCUT2D eigenvalue weighted by Gasteiger charge is 2.24. The maximum absolute atomic E-state index is 12.7. The first-order chi connectivity index (χ1) is 8.02. The summed E-state index contributed by atoms with van der Waals surface area (Å²) in [5, 5.41) is 8.63. The van der Waals surface area contributed by atoms with E-state index in [1.165, 1.54) is 0 Å². The fourth-order valence-corrected chi connectivity index (χ4v) is 1.23. The van der Waals surface area contributed by atoms with Gasteiger partial charge in [0.1, 0.15) is 6.07 Å². The van der Waals surface area contributed by atoms with Gasteiger partial charge in [-0.1, -0.05) is 0 Å². The number of nitrogens with two attached hydrogens (primary N) is 1. The van der Waals surface area contributed by atoms with Crippen molar-refractivity contribution < 1.29 is 18.3 Å². The number of nitrogen functional groups attached to an aromatic ring is 1. The average molecular weight is 241 g/mol. The van der Waals surface area contributed by atoms with Gasteiger partial charge in [0, 0.05) is 6.20 Å². The maximum Gasteiger partial charge on any atom is 0.359 e. The van der Waals surface area contributed by atoms with Crippen molar-refractivity contribution in [2.75, 3.05) is 12.3 Å². The number of pyridine rings is 1. The number of hydrogen-bond acceptors (Lipinski definition) is 5. The average Bonchev–Trinajstić information content (AvgIpc) is 2.27. The van der Waals surface area contributed by atoms with Crippen LogP contribution in [0.5, 0.6) is 0 Å². The molecule has 1 heterocycles. The topological polar surface area (TPSA) is 89.0 Å². The number of hydrogen-bond donors (Lipinski definition) is 1. The van der Waals surface area contributed by atoms with Gasteiger partial charge >= 0.3 is 5.97 Å². The van der Waals surface area contributed by atoms with E-state index in [1.54, 1.807) is 13.0 Å².